The number of para-hydroxylation sites is 1. The number of anilines is 1. The quantitative estimate of drug-likeness (QED) is 0.631. The summed E-state index contributed by atoms with van der Waals surface area (Å²) in [6, 6.07) is 9.05. The number of amides is 2. The second kappa shape index (κ2) is 8.38. The topological polar surface area (TPSA) is 54.3 Å². The van der Waals surface area contributed by atoms with Crippen LogP contribution in [0.15, 0.2) is 42.6 Å². The molecule has 0 saturated carbocycles. The lowest BCUT2D eigenvalue weighted by atomic mass is 10.1. The maximum atomic E-state index is 13.8. The van der Waals surface area contributed by atoms with Crippen molar-refractivity contribution < 1.29 is 22.8 Å². The molecule has 1 N–H and O–H groups in total. The third kappa shape index (κ3) is 4.11. The van der Waals surface area contributed by atoms with Crippen LogP contribution >= 0.6 is 0 Å². The van der Waals surface area contributed by atoms with Gasteiger partial charge in [0, 0.05) is 30.7 Å². The number of aromatic nitrogens is 1. The number of fused-ring (bicyclic) bond motifs is 1. The molecule has 0 spiro atoms. The average Bonchev–Trinajstić information content (AvgIpc) is 3.04. The monoisotopic (exact) mass is 403 g/mol. The number of aryl methyl sites for hydroxylation is 1. The Bertz CT molecular complexity index is 1080. The molecule has 29 heavy (non-hydrogen) atoms. The maximum Gasteiger partial charge on any atom is 0.256 e. The van der Waals surface area contributed by atoms with Gasteiger partial charge in [-0.2, -0.15) is 0 Å². The van der Waals surface area contributed by atoms with Gasteiger partial charge in [0.1, 0.15) is 6.54 Å². The maximum absolute atomic E-state index is 13.8. The van der Waals surface area contributed by atoms with Gasteiger partial charge in [-0.05, 0) is 24.6 Å². The molecule has 3 rings (SSSR count). The number of carbonyl (C=O) groups is 2. The molecule has 0 aliphatic rings. The largest absolute Gasteiger partial charge is 0.350 e. The summed E-state index contributed by atoms with van der Waals surface area (Å²) in [5.74, 6) is -5.55. The molecule has 0 aliphatic carbocycles. The number of nitrogens with one attached hydrogen (secondary N) is 1. The molecule has 2 amide bonds. The van der Waals surface area contributed by atoms with Crippen LogP contribution < -0.4 is 5.32 Å². The van der Waals surface area contributed by atoms with E-state index >= 15 is 0 Å². The van der Waals surface area contributed by atoms with Crippen molar-refractivity contribution in [3.05, 3.63) is 65.6 Å². The van der Waals surface area contributed by atoms with Gasteiger partial charge in [-0.25, -0.2) is 13.2 Å². The third-order valence-corrected chi connectivity index (χ3v) is 4.55. The fraction of sp³-hybridized carbons (Fsp3) is 0.238. The summed E-state index contributed by atoms with van der Waals surface area (Å²) in [6.07, 6.45) is 2.30. The first-order valence-electron chi connectivity index (χ1n) is 9.10. The average molecular weight is 403 g/mol. The molecular weight excluding hydrogens is 383 g/mol. The van der Waals surface area contributed by atoms with Crippen molar-refractivity contribution in [2.75, 3.05) is 18.4 Å². The van der Waals surface area contributed by atoms with E-state index in [1.165, 1.54) is 4.90 Å². The molecule has 1 aromatic heterocycles. The highest BCUT2D eigenvalue weighted by molar-refractivity contribution is 6.08. The van der Waals surface area contributed by atoms with Crippen LogP contribution in [0, 0.1) is 17.5 Å². The summed E-state index contributed by atoms with van der Waals surface area (Å²) in [6.45, 7) is 1.81. The van der Waals surface area contributed by atoms with Gasteiger partial charge in [-0.1, -0.05) is 25.1 Å². The minimum absolute atomic E-state index is 0.301. The second-order valence-electron chi connectivity index (χ2n) is 6.67. The third-order valence-electron chi connectivity index (χ3n) is 4.55. The standard InChI is InChI=1S/C21H20F3N3O2/c1-3-10-27(12-18(28)25-16-9-8-15(22)19(23)20(16)24)21(29)14-11-26(2)17-7-5-4-6-13(14)17/h4-9,11H,3,10,12H2,1-2H3,(H,25,28). The van der Waals surface area contributed by atoms with Gasteiger partial charge in [0.15, 0.2) is 17.5 Å². The molecule has 2 aromatic carbocycles. The number of hydrogen-bond donors (Lipinski definition) is 1. The van der Waals surface area contributed by atoms with E-state index in [-0.39, 0.29) is 12.5 Å². The van der Waals surface area contributed by atoms with Crippen LogP contribution in [0.25, 0.3) is 10.9 Å². The van der Waals surface area contributed by atoms with Crippen LogP contribution in [0.1, 0.15) is 23.7 Å². The fourth-order valence-electron chi connectivity index (χ4n) is 3.19. The SMILES string of the molecule is CCCN(CC(=O)Nc1ccc(F)c(F)c1F)C(=O)c1cn(C)c2ccccc12. The smallest absolute Gasteiger partial charge is 0.256 e. The van der Waals surface area contributed by atoms with Crippen LogP contribution in [0.3, 0.4) is 0 Å². The van der Waals surface area contributed by atoms with Crippen LogP contribution in [0.5, 0.6) is 0 Å². The highest BCUT2D eigenvalue weighted by Gasteiger charge is 2.23. The van der Waals surface area contributed by atoms with Gasteiger partial charge < -0.3 is 14.8 Å². The molecule has 152 valence electrons. The molecule has 3 aromatic rings. The summed E-state index contributed by atoms with van der Waals surface area (Å²) in [4.78, 5) is 26.8. The minimum Gasteiger partial charge on any atom is -0.350 e. The van der Waals surface area contributed by atoms with Crippen molar-refractivity contribution in [1.29, 1.82) is 0 Å². The van der Waals surface area contributed by atoms with Gasteiger partial charge in [-0.3, -0.25) is 9.59 Å². The van der Waals surface area contributed by atoms with E-state index in [0.717, 1.165) is 23.0 Å². The van der Waals surface area contributed by atoms with Crippen molar-refractivity contribution in [1.82, 2.24) is 9.47 Å². The Morgan fingerprint density at radius 1 is 1.07 bits per heavy atom. The van der Waals surface area contributed by atoms with Crippen LogP contribution in [0.2, 0.25) is 0 Å². The molecule has 8 heteroatoms. The molecule has 0 aliphatic heterocycles. The van der Waals surface area contributed by atoms with Crippen molar-refractivity contribution in [2.45, 2.75) is 13.3 Å². The van der Waals surface area contributed by atoms with E-state index in [0.29, 0.717) is 18.5 Å². The molecule has 0 radical (unpaired) electrons. The van der Waals surface area contributed by atoms with E-state index < -0.39 is 29.0 Å². The molecule has 0 bridgehead atoms. The number of nitrogens with zero attached hydrogens (tertiary/aromatic N) is 2. The zero-order chi connectivity index (χ0) is 21.1. The molecule has 5 nitrogen and oxygen atoms in total. The Hall–Kier alpha value is -3.29. The lowest BCUT2D eigenvalue weighted by Crippen LogP contribution is -2.38. The number of rotatable bonds is 6. The number of hydrogen-bond acceptors (Lipinski definition) is 2. The number of benzene rings is 2. The fourth-order valence-corrected chi connectivity index (χ4v) is 3.19. The predicted octanol–water partition coefficient (Wildman–Crippen LogP) is 4.09. The zero-order valence-electron chi connectivity index (χ0n) is 16.0. The summed E-state index contributed by atoms with van der Waals surface area (Å²) in [5, 5.41) is 2.95. The zero-order valence-corrected chi connectivity index (χ0v) is 16.0. The summed E-state index contributed by atoms with van der Waals surface area (Å²) < 4.78 is 42.0. The molecule has 0 fully saturated rings. The van der Waals surface area contributed by atoms with Crippen molar-refractivity contribution in [2.24, 2.45) is 7.05 Å². The lowest BCUT2D eigenvalue weighted by Gasteiger charge is -2.21. The first-order chi connectivity index (χ1) is 13.8. The second-order valence-corrected chi connectivity index (χ2v) is 6.67. The summed E-state index contributed by atoms with van der Waals surface area (Å²) in [5.41, 5.74) is 0.840. The molecular formula is C21H20F3N3O2. The Kier molecular flexibility index (Phi) is 5.91. The van der Waals surface area contributed by atoms with E-state index in [4.69, 9.17) is 0 Å². The summed E-state index contributed by atoms with van der Waals surface area (Å²) >= 11 is 0. The van der Waals surface area contributed by atoms with Crippen molar-refractivity contribution in [3.63, 3.8) is 0 Å². The van der Waals surface area contributed by atoms with E-state index in [9.17, 15) is 22.8 Å². The molecule has 0 atom stereocenters. The highest BCUT2D eigenvalue weighted by Crippen LogP contribution is 2.23. The van der Waals surface area contributed by atoms with E-state index in [1.807, 2.05) is 42.8 Å². The number of carbonyl (C=O) groups excluding carboxylic acids is 2. The highest BCUT2D eigenvalue weighted by atomic mass is 19.2. The molecule has 1 heterocycles. The Labute approximate surface area is 165 Å². The van der Waals surface area contributed by atoms with Crippen LogP contribution in [-0.4, -0.2) is 34.4 Å². The van der Waals surface area contributed by atoms with Crippen LogP contribution in [-0.2, 0) is 11.8 Å². The van der Waals surface area contributed by atoms with E-state index in [1.54, 1.807) is 6.20 Å². The lowest BCUT2D eigenvalue weighted by molar-refractivity contribution is -0.116. The van der Waals surface area contributed by atoms with Gasteiger partial charge in [0.25, 0.3) is 5.91 Å². The number of halogens is 3. The van der Waals surface area contributed by atoms with Gasteiger partial charge in [0.05, 0.1) is 11.3 Å². The van der Waals surface area contributed by atoms with Gasteiger partial charge >= 0.3 is 0 Å². The minimum atomic E-state index is -1.67. The molecule has 0 saturated heterocycles. The van der Waals surface area contributed by atoms with Crippen LogP contribution in [0.4, 0.5) is 18.9 Å². The van der Waals surface area contributed by atoms with Gasteiger partial charge in [-0.15, -0.1) is 0 Å². The van der Waals surface area contributed by atoms with Crippen molar-refractivity contribution >= 4 is 28.4 Å². The van der Waals surface area contributed by atoms with E-state index in [2.05, 4.69) is 5.32 Å². The Balaban J connectivity index is 1.81. The Morgan fingerprint density at radius 2 is 1.79 bits per heavy atom. The molecule has 0 unspecified atom stereocenters. The Morgan fingerprint density at radius 3 is 2.52 bits per heavy atom. The normalized spacial score (nSPS) is 10.9. The summed E-state index contributed by atoms with van der Waals surface area (Å²) in [7, 11) is 1.82. The predicted molar refractivity (Wildman–Crippen MR) is 104 cm³/mol. The first-order valence-corrected chi connectivity index (χ1v) is 9.10. The van der Waals surface area contributed by atoms with Gasteiger partial charge in [0.2, 0.25) is 5.91 Å². The first kappa shape index (κ1) is 20.4. The van der Waals surface area contributed by atoms with Crippen molar-refractivity contribution in [3.8, 4) is 0 Å².